The fourth-order valence-electron chi connectivity index (χ4n) is 2.36. The molecule has 1 fully saturated rings. The van der Waals surface area contributed by atoms with E-state index in [1.807, 2.05) is 20.8 Å². The number of nitrogens with two attached hydrogens (primary N) is 1. The second-order valence-corrected chi connectivity index (χ2v) is 6.52. The molecule has 0 aromatic rings. The highest BCUT2D eigenvalue weighted by atomic mass is 35.5. The van der Waals surface area contributed by atoms with E-state index in [0.29, 0.717) is 13.0 Å². The predicted molar refractivity (Wildman–Crippen MR) is 82.8 cm³/mol. The van der Waals surface area contributed by atoms with Gasteiger partial charge in [-0.2, -0.15) is 0 Å². The highest BCUT2D eigenvalue weighted by Crippen LogP contribution is 2.25. The molecule has 6 heteroatoms. The van der Waals surface area contributed by atoms with Gasteiger partial charge in [-0.15, -0.1) is 12.4 Å². The van der Waals surface area contributed by atoms with Gasteiger partial charge in [0.15, 0.2) is 0 Å². The zero-order valence-electron chi connectivity index (χ0n) is 12.8. The Morgan fingerprint density at radius 3 is 2.20 bits per heavy atom. The number of carbonyl (C=O) groups is 2. The van der Waals surface area contributed by atoms with Crippen LogP contribution in [-0.4, -0.2) is 29.4 Å². The summed E-state index contributed by atoms with van der Waals surface area (Å²) in [7, 11) is 0. The van der Waals surface area contributed by atoms with Gasteiger partial charge in [-0.3, -0.25) is 9.59 Å². The Morgan fingerprint density at radius 1 is 1.15 bits per heavy atom. The third-order valence-corrected chi connectivity index (χ3v) is 3.35. The number of halogens is 1. The van der Waals surface area contributed by atoms with Crippen LogP contribution in [0.3, 0.4) is 0 Å². The molecule has 4 N–H and O–H groups in total. The largest absolute Gasteiger partial charge is 0.354 e. The summed E-state index contributed by atoms with van der Waals surface area (Å²) in [6.45, 7) is 6.14. The van der Waals surface area contributed by atoms with Crippen LogP contribution in [0.15, 0.2) is 0 Å². The number of carbonyl (C=O) groups excluding carboxylic acids is 2. The number of hydrogen-bond acceptors (Lipinski definition) is 3. The summed E-state index contributed by atoms with van der Waals surface area (Å²) in [5.41, 5.74) is 5.15. The second kappa shape index (κ2) is 7.84. The second-order valence-electron chi connectivity index (χ2n) is 6.52. The summed E-state index contributed by atoms with van der Waals surface area (Å²) < 4.78 is 0. The van der Waals surface area contributed by atoms with Crippen LogP contribution in [0.1, 0.15) is 59.3 Å². The summed E-state index contributed by atoms with van der Waals surface area (Å²) in [6, 6.07) is 0. The molecule has 1 aliphatic rings. The fraction of sp³-hybridized carbons (Fsp3) is 0.857. The van der Waals surface area contributed by atoms with Crippen molar-refractivity contribution in [2.75, 3.05) is 6.54 Å². The molecule has 0 radical (unpaired) electrons. The molecule has 0 atom stereocenters. The van der Waals surface area contributed by atoms with Gasteiger partial charge in [-0.1, -0.05) is 19.3 Å². The van der Waals surface area contributed by atoms with Crippen LogP contribution in [-0.2, 0) is 9.59 Å². The quantitative estimate of drug-likeness (QED) is 0.736. The third kappa shape index (κ3) is 6.57. The van der Waals surface area contributed by atoms with E-state index in [9.17, 15) is 9.59 Å². The Labute approximate surface area is 127 Å². The molecule has 118 valence electrons. The first-order valence-electron chi connectivity index (χ1n) is 7.11. The first kappa shape index (κ1) is 19.2. The van der Waals surface area contributed by atoms with Crippen LogP contribution >= 0.6 is 12.4 Å². The summed E-state index contributed by atoms with van der Waals surface area (Å²) in [5.74, 6) is -0.168. The van der Waals surface area contributed by atoms with Crippen LogP contribution < -0.4 is 16.4 Å². The molecule has 5 nitrogen and oxygen atoms in total. The standard InChI is InChI=1S/C14H27N3O2.ClH/c1-13(2,3)17-11(18)7-10-16-12(19)14(15)8-5-4-6-9-14;/h4-10,15H2,1-3H3,(H,16,19)(H,17,18);1H. The normalized spacial score (nSPS) is 17.8. The Hall–Kier alpha value is -0.810. The lowest BCUT2D eigenvalue weighted by atomic mass is 9.82. The van der Waals surface area contributed by atoms with E-state index in [2.05, 4.69) is 10.6 Å². The van der Waals surface area contributed by atoms with Gasteiger partial charge in [0.1, 0.15) is 0 Å². The molecule has 0 aromatic heterocycles. The lowest BCUT2D eigenvalue weighted by molar-refractivity contribution is -0.127. The van der Waals surface area contributed by atoms with Gasteiger partial charge in [0.05, 0.1) is 5.54 Å². The van der Waals surface area contributed by atoms with Gasteiger partial charge in [0, 0.05) is 18.5 Å². The summed E-state index contributed by atoms with van der Waals surface area (Å²) >= 11 is 0. The molecule has 0 heterocycles. The topological polar surface area (TPSA) is 84.2 Å². The molecule has 1 saturated carbocycles. The SMILES string of the molecule is CC(C)(C)NC(=O)CCNC(=O)C1(N)CCCCC1.Cl. The van der Waals surface area contributed by atoms with E-state index in [4.69, 9.17) is 5.73 Å². The minimum Gasteiger partial charge on any atom is -0.354 e. The van der Waals surface area contributed by atoms with Crippen molar-refractivity contribution in [3.8, 4) is 0 Å². The van der Waals surface area contributed by atoms with E-state index in [1.54, 1.807) is 0 Å². The van der Waals surface area contributed by atoms with Crippen molar-refractivity contribution >= 4 is 24.2 Å². The van der Waals surface area contributed by atoms with E-state index < -0.39 is 5.54 Å². The highest BCUT2D eigenvalue weighted by Gasteiger charge is 2.34. The van der Waals surface area contributed by atoms with Gasteiger partial charge in [-0.05, 0) is 33.6 Å². The average Bonchev–Trinajstić information content (AvgIpc) is 2.27. The molecule has 0 unspecified atom stereocenters. The maximum absolute atomic E-state index is 12.0. The van der Waals surface area contributed by atoms with Gasteiger partial charge >= 0.3 is 0 Å². The van der Waals surface area contributed by atoms with Crippen molar-refractivity contribution in [3.05, 3.63) is 0 Å². The molecule has 2 amide bonds. The van der Waals surface area contributed by atoms with Crippen molar-refractivity contribution in [1.82, 2.24) is 10.6 Å². The lowest BCUT2D eigenvalue weighted by Crippen LogP contribution is -2.55. The zero-order valence-corrected chi connectivity index (χ0v) is 13.6. The molecule has 0 saturated heterocycles. The average molecular weight is 306 g/mol. The molecule has 1 aliphatic carbocycles. The number of hydrogen-bond donors (Lipinski definition) is 3. The van der Waals surface area contributed by atoms with E-state index in [1.165, 1.54) is 0 Å². The zero-order chi connectivity index (χ0) is 14.5. The van der Waals surface area contributed by atoms with E-state index >= 15 is 0 Å². The van der Waals surface area contributed by atoms with Crippen LogP contribution in [0, 0.1) is 0 Å². The van der Waals surface area contributed by atoms with Crippen LogP contribution in [0.25, 0.3) is 0 Å². The Balaban J connectivity index is 0.00000361. The third-order valence-electron chi connectivity index (χ3n) is 3.35. The summed E-state index contributed by atoms with van der Waals surface area (Å²) in [4.78, 5) is 23.6. The molecule has 20 heavy (non-hydrogen) atoms. The molecule has 0 bridgehead atoms. The van der Waals surface area contributed by atoms with Gasteiger partial charge in [0.25, 0.3) is 0 Å². The van der Waals surface area contributed by atoms with Crippen molar-refractivity contribution in [2.45, 2.75) is 70.4 Å². The van der Waals surface area contributed by atoms with Crippen LogP contribution in [0.4, 0.5) is 0 Å². The maximum atomic E-state index is 12.0. The van der Waals surface area contributed by atoms with Crippen molar-refractivity contribution in [3.63, 3.8) is 0 Å². The monoisotopic (exact) mass is 305 g/mol. The fourth-order valence-corrected chi connectivity index (χ4v) is 2.36. The molecule has 1 rings (SSSR count). The number of nitrogens with one attached hydrogen (secondary N) is 2. The van der Waals surface area contributed by atoms with Crippen molar-refractivity contribution in [2.24, 2.45) is 5.73 Å². The van der Waals surface area contributed by atoms with E-state index in [-0.39, 0.29) is 29.8 Å². The molecule has 0 aliphatic heterocycles. The number of rotatable bonds is 4. The Kier molecular flexibility index (Phi) is 7.52. The molecular weight excluding hydrogens is 278 g/mol. The van der Waals surface area contributed by atoms with Gasteiger partial charge in [-0.25, -0.2) is 0 Å². The summed E-state index contributed by atoms with van der Waals surface area (Å²) in [6.07, 6.45) is 4.95. The molecule has 0 spiro atoms. The van der Waals surface area contributed by atoms with E-state index in [0.717, 1.165) is 32.1 Å². The highest BCUT2D eigenvalue weighted by molar-refractivity contribution is 5.86. The van der Waals surface area contributed by atoms with Crippen molar-refractivity contribution in [1.29, 1.82) is 0 Å². The van der Waals surface area contributed by atoms with Gasteiger partial charge < -0.3 is 16.4 Å². The minimum atomic E-state index is -0.723. The molecular formula is C14H28ClN3O2. The lowest BCUT2D eigenvalue weighted by Gasteiger charge is -2.31. The Morgan fingerprint density at radius 2 is 1.70 bits per heavy atom. The van der Waals surface area contributed by atoms with Gasteiger partial charge in [0.2, 0.25) is 11.8 Å². The maximum Gasteiger partial charge on any atom is 0.240 e. The van der Waals surface area contributed by atoms with Crippen LogP contribution in [0.2, 0.25) is 0 Å². The minimum absolute atomic E-state index is 0. The first-order chi connectivity index (χ1) is 8.73. The Bertz CT molecular complexity index is 334. The van der Waals surface area contributed by atoms with Crippen molar-refractivity contribution < 1.29 is 9.59 Å². The smallest absolute Gasteiger partial charge is 0.240 e. The first-order valence-corrected chi connectivity index (χ1v) is 7.11. The summed E-state index contributed by atoms with van der Waals surface area (Å²) in [5, 5.41) is 5.65. The van der Waals surface area contributed by atoms with Crippen LogP contribution in [0.5, 0.6) is 0 Å². The molecule has 0 aromatic carbocycles. The number of amides is 2. The predicted octanol–water partition coefficient (Wildman–Crippen LogP) is 1.49.